The molecule has 1 atom stereocenters. The van der Waals surface area contributed by atoms with Crippen LogP contribution in [-0.4, -0.2) is 38.2 Å². The van der Waals surface area contributed by atoms with Gasteiger partial charge in [0, 0.05) is 5.57 Å². The maximum absolute atomic E-state index is 11.9. The van der Waals surface area contributed by atoms with Crippen molar-refractivity contribution >= 4 is 11.8 Å². The van der Waals surface area contributed by atoms with E-state index in [0.29, 0.717) is 24.4 Å². The van der Waals surface area contributed by atoms with Crippen LogP contribution in [0.15, 0.2) is 42.0 Å². The average Bonchev–Trinajstić information content (AvgIpc) is 2.52. The third-order valence-corrected chi connectivity index (χ3v) is 2.93. The van der Waals surface area contributed by atoms with E-state index < -0.39 is 17.9 Å². The van der Waals surface area contributed by atoms with Gasteiger partial charge >= 0.3 is 5.97 Å². The Hall–Kier alpha value is -2.14. The average molecular weight is 276 g/mol. The molecule has 20 heavy (non-hydrogen) atoms. The number of esters is 1. The summed E-state index contributed by atoms with van der Waals surface area (Å²) in [6, 6.07) is 9.22. The lowest BCUT2D eigenvalue weighted by Gasteiger charge is -2.23. The lowest BCUT2D eigenvalue weighted by atomic mass is 10.0. The predicted molar refractivity (Wildman–Crippen MR) is 71.4 cm³/mol. The Balaban J connectivity index is 2.02. The quantitative estimate of drug-likeness (QED) is 0.603. The molecular weight excluding hydrogens is 260 g/mol. The molecule has 0 saturated carbocycles. The van der Waals surface area contributed by atoms with E-state index in [2.05, 4.69) is 4.74 Å². The Morgan fingerprint density at radius 2 is 2.05 bits per heavy atom. The number of ether oxygens (including phenoxy) is 3. The van der Waals surface area contributed by atoms with Gasteiger partial charge in [0.2, 0.25) is 0 Å². The summed E-state index contributed by atoms with van der Waals surface area (Å²) in [7, 11) is 1.18. The van der Waals surface area contributed by atoms with E-state index in [4.69, 9.17) is 9.47 Å². The summed E-state index contributed by atoms with van der Waals surface area (Å²) in [6.45, 7) is 0.680. The normalized spacial score (nSPS) is 18.1. The first-order chi connectivity index (χ1) is 9.72. The van der Waals surface area contributed by atoms with Gasteiger partial charge in [-0.25, -0.2) is 4.79 Å². The van der Waals surface area contributed by atoms with E-state index in [1.54, 1.807) is 6.08 Å². The van der Waals surface area contributed by atoms with Crippen LogP contribution in [0.1, 0.15) is 6.42 Å². The van der Waals surface area contributed by atoms with Gasteiger partial charge in [-0.15, -0.1) is 0 Å². The topological polar surface area (TPSA) is 61.8 Å². The lowest BCUT2D eigenvalue weighted by Crippen LogP contribution is -2.34. The number of benzene rings is 1. The molecule has 0 N–H and O–H groups in total. The molecule has 1 unspecified atom stereocenters. The number of hydrogen-bond donors (Lipinski definition) is 0. The molecule has 1 aromatic carbocycles. The zero-order valence-electron chi connectivity index (χ0n) is 11.2. The number of rotatable bonds is 5. The van der Waals surface area contributed by atoms with Crippen LogP contribution in [-0.2, 0) is 19.1 Å². The second kappa shape index (κ2) is 6.86. The molecule has 2 rings (SSSR count). The van der Waals surface area contributed by atoms with Crippen LogP contribution in [0.4, 0.5) is 0 Å². The second-order valence-corrected chi connectivity index (χ2v) is 4.25. The van der Waals surface area contributed by atoms with Gasteiger partial charge in [0.15, 0.2) is 0 Å². The molecule has 1 aliphatic heterocycles. The summed E-state index contributed by atoms with van der Waals surface area (Å²) in [5.41, 5.74) is 0.305. The fraction of sp³-hybridized carbons (Fsp3) is 0.333. The van der Waals surface area contributed by atoms with E-state index >= 15 is 0 Å². The van der Waals surface area contributed by atoms with Crippen molar-refractivity contribution in [2.75, 3.05) is 20.3 Å². The van der Waals surface area contributed by atoms with E-state index in [-0.39, 0.29) is 6.61 Å². The molecule has 0 bridgehead atoms. The Morgan fingerprint density at radius 3 is 2.75 bits per heavy atom. The zero-order valence-corrected chi connectivity index (χ0v) is 11.2. The van der Waals surface area contributed by atoms with Gasteiger partial charge in [-0.3, -0.25) is 4.79 Å². The molecule has 0 fully saturated rings. The van der Waals surface area contributed by atoms with Crippen molar-refractivity contribution in [3.05, 3.63) is 42.0 Å². The van der Waals surface area contributed by atoms with E-state index in [1.165, 1.54) is 7.11 Å². The summed E-state index contributed by atoms with van der Waals surface area (Å²) in [5, 5.41) is 0. The standard InChI is InChI=1S/C15H16O5/c1-18-15(17)14(16)12-8-5-9-19-13(12)10-20-11-6-3-2-4-7-11/h2-4,6-8,13H,5,9-10H2,1H3. The van der Waals surface area contributed by atoms with Gasteiger partial charge in [-0.05, 0) is 18.6 Å². The highest BCUT2D eigenvalue weighted by Crippen LogP contribution is 2.18. The smallest absolute Gasteiger partial charge is 0.379 e. The van der Waals surface area contributed by atoms with Gasteiger partial charge in [-0.2, -0.15) is 0 Å². The van der Waals surface area contributed by atoms with Crippen LogP contribution >= 0.6 is 0 Å². The number of Topliss-reactive ketones (excluding diaryl/α,β-unsaturated/α-hetero) is 1. The number of carbonyl (C=O) groups excluding carboxylic acids is 2. The first-order valence-corrected chi connectivity index (χ1v) is 6.34. The largest absolute Gasteiger partial charge is 0.491 e. The van der Waals surface area contributed by atoms with Crippen LogP contribution < -0.4 is 4.74 Å². The molecule has 0 spiro atoms. The van der Waals surface area contributed by atoms with Gasteiger partial charge in [-0.1, -0.05) is 24.3 Å². The molecule has 0 aliphatic carbocycles. The van der Waals surface area contributed by atoms with Crippen LogP contribution in [0, 0.1) is 0 Å². The third kappa shape index (κ3) is 3.45. The minimum absolute atomic E-state index is 0.179. The molecule has 0 saturated heterocycles. The molecule has 5 nitrogen and oxygen atoms in total. The van der Waals surface area contributed by atoms with Crippen molar-refractivity contribution in [2.45, 2.75) is 12.5 Å². The summed E-state index contributed by atoms with van der Waals surface area (Å²) in [5.74, 6) is -0.869. The van der Waals surface area contributed by atoms with E-state index in [9.17, 15) is 9.59 Å². The fourth-order valence-electron chi connectivity index (χ4n) is 1.92. The van der Waals surface area contributed by atoms with E-state index in [1.807, 2.05) is 30.3 Å². The molecule has 0 radical (unpaired) electrons. The number of para-hydroxylation sites is 1. The fourth-order valence-corrected chi connectivity index (χ4v) is 1.92. The molecule has 106 valence electrons. The van der Waals surface area contributed by atoms with Crippen molar-refractivity contribution in [2.24, 2.45) is 0 Å². The number of ketones is 1. The highest BCUT2D eigenvalue weighted by atomic mass is 16.5. The number of methoxy groups -OCH3 is 1. The molecule has 1 aromatic rings. The Morgan fingerprint density at radius 1 is 1.30 bits per heavy atom. The van der Waals surface area contributed by atoms with Crippen molar-refractivity contribution < 1.29 is 23.8 Å². The molecule has 1 heterocycles. The number of hydrogen-bond acceptors (Lipinski definition) is 5. The first-order valence-electron chi connectivity index (χ1n) is 6.34. The minimum Gasteiger partial charge on any atom is -0.491 e. The molecule has 1 aliphatic rings. The Kier molecular flexibility index (Phi) is 4.90. The summed E-state index contributed by atoms with van der Waals surface area (Å²) in [4.78, 5) is 23.2. The van der Waals surface area contributed by atoms with E-state index in [0.717, 1.165) is 0 Å². The van der Waals surface area contributed by atoms with Crippen LogP contribution in [0.3, 0.4) is 0 Å². The van der Waals surface area contributed by atoms with Gasteiger partial charge < -0.3 is 14.2 Å². The number of carbonyl (C=O) groups is 2. The van der Waals surface area contributed by atoms with Crippen molar-refractivity contribution in [1.29, 1.82) is 0 Å². The van der Waals surface area contributed by atoms with Crippen LogP contribution in [0.2, 0.25) is 0 Å². The van der Waals surface area contributed by atoms with Crippen LogP contribution in [0.5, 0.6) is 5.75 Å². The maximum atomic E-state index is 11.9. The summed E-state index contributed by atoms with van der Waals surface area (Å²) >= 11 is 0. The van der Waals surface area contributed by atoms with Crippen LogP contribution in [0.25, 0.3) is 0 Å². The van der Waals surface area contributed by atoms with Gasteiger partial charge in [0.05, 0.1) is 13.7 Å². The van der Waals surface area contributed by atoms with Crippen molar-refractivity contribution in [3.63, 3.8) is 0 Å². The lowest BCUT2D eigenvalue weighted by molar-refractivity contribution is -0.150. The highest BCUT2D eigenvalue weighted by molar-refractivity contribution is 6.40. The Bertz CT molecular complexity index is 506. The minimum atomic E-state index is -0.883. The third-order valence-electron chi connectivity index (χ3n) is 2.93. The van der Waals surface area contributed by atoms with Gasteiger partial charge in [0.1, 0.15) is 18.5 Å². The molecular formula is C15H16O5. The van der Waals surface area contributed by atoms with Gasteiger partial charge in [0.25, 0.3) is 5.78 Å². The summed E-state index contributed by atoms with van der Waals surface area (Å²) in [6.07, 6.45) is 1.76. The predicted octanol–water partition coefficient (Wildman–Crippen LogP) is 1.52. The zero-order chi connectivity index (χ0) is 14.4. The van der Waals surface area contributed by atoms with Crippen molar-refractivity contribution in [3.8, 4) is 5.75 Å². The Labute approximate surface area is 117 Å². The molecule has 5 heteroatoms. The molecule has 0 aromatic heterocycles. The second-order valence-electron chi connectivity index (χ2n) is 4.25. The summed E-state index contributed by atoms with van der Waals surface area (Å²) < 4.78 is 15.5. The molecule has 0 amide bonds. The first kappa shape index (κ1) is 14.3. The maximum Gasteiger partial charge on any atom is 0.379 e. The SMILES string of the molecule is COC(=O)C(=O)C1=CCCOC1COc1ccccc1. The van der Waals surface area contributed by atoms with Crippen molar-refractivity contribution in [1.82, 2.24) is 0 Å². The highest BCUT2D eigenvalue weighted by Gasteiger charge is 2.29. The monoisotopic (exact) mass is 276 g/mol.